The monoisotopic (exact) mass is 186 g/mol. The SMILES string of the molecule is CC[C@@H](N)c1cc(F)c(N)cc1F. The van der Waals surface area contributed by atoms with Crippen molar-refractivity contribution in [2.24, 2.45) is 5.73 Å². The fourth-order valence-electron chi connectivity index (χ4n) is 1.08. The lowest BCUT2D eigenvalue weighted by Crippen LogP contribution is -2.11. The van der Waals surface area contributed by atoms with E-state index in [4.69, 9.17) is 11.5 Å². The fraction of sp³-hybridized carbons (Fsp3) is 0.333. The summed E-state index contributed by atoms with van der Waals surface area (Å²) in [6.07, 6.45) is 0.556. The van der Waals surface area contributed by atoms with E-state index < -0.39 is 17.7 Å². The first-order valence-electron chi connectivity index (χ1n) is 4.06. The molecule has 0 amide bonds. The summed E-state index contributed by atoms with van der Waals surface area (Å²) in [6.45, 7) is 1.80. The van der Waals surface area contributed by atoms with Crippen molar-refractivity contribution in [2.45, 2.75) is 19.4 Å². The van der Waals surface area contributed by atoms with Crippen LogP contribution >= 0.6 is 0 Å². The summed E-state index contributed by atoms with van der Waals surface area (Å²) in [5, 5.41) is 0. The van der Waals surface area contributed by atoms with Crippen LogP contribution in [-0.4, -0.2) is 0 Å². The van der Waals surface area contributed by atoms with Crippen molar-refractivity contribution >= 4 is 5.69 Å². The molecule has 1 atom stereocenters. The summed E-state index contributed by atoms with van der Waals surface area (Å²) in [7, 11) is 0. The van der Waals surface area contributed by atoms with Gasteiger partial charge in [-0.3, -0.25) is 0 Å². The van der Waals surface area contributed by atoms with Crippen molar-refractivity contribution in [1.82, 2.24) is 0 Å². The Labute approximate surface area is 75.5 Å². The van der Waals surface area contributed by atoms with Gasteiger partial charge in [-0.25, -0.2) is 8.78 Å². The van der Waals surface area contributed by atoms with Crippen molar-refractivity contribution < 1.29 is 8.78 Å². The molecular weight excluding hydrogens is 174 g/mol. The normalized spacial score (nSPS) is 12.9. The Morgan fingerprint density at radius 2 is 1.92 bits per heavy atom. The van der Waals surface area contributed by atoms with Crippen molar-refractivity contribution in [3.05, 3.63) is 29.3 Å². The average molecular weight is 186 g/mol. The van der Waals surface area contributed by atoms with Gasteiger partial charge in [0.2, 0.25) is 0 Å². The third kappa shape index (κ3) is 1.95. The van der Waals surface area contributed by atoms with Gasteiger partial charge in [0.1, 0.15) is 11.6 Å². The zero-order chi connectivity index (χ0) is 10.0. The van der Waals surface area contributed by atoms with Gasteiger partial charge in [-0.2, -0.15) is 0 Å². The number of nitrogens with two attached hydrogens (primary N) is 2. The van der Waals surface area contributed by atoms with Crippen LogP contribution in [0.2, 0.25) is 0 Å². The highest BCUT2D eigenvalue weighted by molar-refractivity contribution is 5.43. The molecule has 1 aromatic rings. The molecule has 2 nitrogen and oxygen atoms in total. The van der Waals surface area contributed by atoms with Gasteiger partial charge in [-0.15, -0.1) is 0 Å². The van der Waals surface area contributed by atoms with E-state index in [1.54, 1.807) is 6.92 Å². The van der Waals surface area contributed by atoms with Crippen LogP contribution in [0.15, 0.2) is 12.1 Å². The van der Waals surface area contributed by atoms with Crippen LogP contribution in [0.25, 0.3) is 0 Å². The van der Waals surface area contributed by atoms with Crippen LogP contribution in [-0.2, 0) is 0 Å². The molecule has 1 aromatic carbocycles. The smallest absolute Gasteiger partial charge is 0.146 e. The van der Waals surface area contributed by atoms with E-state index in [-0.39, 0.29) is 11.3 Å². The maximum Gasteiger partial charge on any atom is 0.146 e. The summed E-state index contributed by atoms with van der Waals surface area (Å²) in [6, 6.07) is 1.54. The maximum absolute atomic E-state index is 13.1. The molecule has 0 aliphatic rings. The molecule has 4 heteroatoms. The lowest BCUT2D eigenvalue weighted by atomic mass is 10.0. The number of anilines is 1. The predicted molar refractivity (Wildman–Crippen MR) is 48.0 cm³/mol. The molecule has 0 bridgehead atoms. The molecular formula is C9H12F2N2. The number of hydrogen-bond acceptors (Lipinski definition) is 2. The van der Waals surface area contributed by atoms with Gasteiger partial charge >= 0.3 is 0 Å². The Bertz CT molecular complexity index is 313. The van der Waals surface area contributed by atoms with Crippen molar-refractivity contribution in [1.29, 1.82) is 0 Å². The van der Waals surface area contributed by atoms with Gasteiger partial charge in [0.25, 0.3) is 0 Å². The molecule has 0 aromatic heterocycles. The van der Waals surface area contributed by atoms with E-state index in [2.05, 4.69) is 0 Å². The molecule has 0 radical (unpaired) electrons. The molecule has 0 fully saturated rings. The lowest BCUT2D eigenvalue weighted by Gasteiger charge is -2.11. The van der Waals surface area contributed by atoms with Crippen LogP contribution in [0.3, 0.4) is 0 Å². The topological polar surface area (TPSA) is 52.0 Å². The molecule has 0 saturated heterocycles. The Hall–Kier alpha value is -1.16. The van der Waals surface area contributed by atoms with Gasteiger partial charge in [-0.05, 0) is 12.5 Å². The summed E-state index contributed by atoms with van der Waals surface area (Å²) in [5.74, 6) is -1.17. The highest BCUT2D eigenvalue weighted by atomic mass is 19.1. The minimum absolute atomic E-state index is 0.175. The Morgan fingerprint density at radius 1 is 1.31 bits per heavy atom. The number of hydrogen-bond donors (Lipinski definition) is 2. The number of rotatable bonds is 2. The second-order valence-electron chi connectivity index (χ2n) is 2.91. The van der Waals surface area contributed by atoms with Crippen molar-refractivity contribution in [3.8, 4) is 0 Å². The average Bonchev–Trinajstić information content (AvgIpc) is 2.10. The van der Waals surface area contributed by atoms with Crippen LogP contribution in [0.1, 0.15) is 24.9 Å². The Balaban J connectivity index is 3.15. The van der Waals surface area contributed by atoms with E-state index in [0.29, 0.717) is 6.42 Å². The van der Waals surface area contributed by atoms with Crippen LogP contribution in [0.4, 0.5) is 14.5 Å². The minimum Gasteiger partial charge on any atom is -0.396 e. The minimum atomic E-state index is -0.625. The third-order valence-corrected chi connectivity index (χ3v) is 1.96. The summed E-state index contributed by atoms with van der Waals surface area (Å²) in [4.78, 5) is 0. The predicted octanol–water partition coefficient (Wildman–Crippen LogP) is 1.96. The standard InChI is InChI=1S/C9H12F2N2/c1-2-8(12)5-3-7(11)9(13)4-6(5)10/h3-4,8H,2,12-13H2,1H3/t8-/m1/s1. The van der Waals surface area contributed by atoms with Gasteiger partial charge in [0, 0.05) is 17.7 Å². The molecule has 72 valence electrons. The van der Waals surface area contributed by atoms with E-state index >= 15 is 0 Å². The first kappa shape index (κ1) is 9.92. The van der Waals surface area contributed by atoms with Crippen LogP contribution < -0.4 is 11.5 Å². The molecule has 0 unspecified atom stereocenters. The largest absolute Gasteiger partial charge is 0.396 e. The van der Waals surface area contributed by atoms with Crippen LogP contribution in [0, 0.1) is 11.6 Å². The summed E-state index contributed by atoms with van der Waals surface area (Å²) < 4.78 is 26.0. The fourth-order valence-corrected chi connectivity index (χ4v) is 1.08. The first-order chi connectivity index (χ1) is 6.06. The molecule has 0 heterocycles. The first-order valence-corrected chi connectivity index (χ1v) is 4.06. The number of nitrogen functional groups attached to an aromatic ring is 1. The molecule has 0 saturated carbocycles. The van der Waals surface area contributed by atoms with Gasteiger partial charge in [-0.1, -0.05) is 6.92 Å². The zero-order valence-corrected chi connectivity index (χ0v) is 7.35. The molecule has 4 N–H and O–H groups in total. The van der Waals surface area contributed by atoms with Crippen LogP contribution in [0.5, 0.6) is 0 Å². The Morgan fingerprint density at radius 3 is 2.46 bits per heavy atom. The molecule has 13 heavy (non-hydrogen) atoms. The maximum atomic E-state index is 13.1. The van der Waals surface area contributed by atoms with E-state index in [1.165, 1.54) is 0 Å². The van der Waals surface area contributed by atoms with Gasteiger partial charge < -0.3 is 11.5 Å². The third-order valence-electron chi connectivity index (χ3n) is 1.96. The van der Waals surface area contributed by atoms with E-state index in [9.17, 15) is 8.78 Å². The lowest BCUT2D eigenvalue weighted by molar-refractivity contribution is 0.559. The molecule has 1 rings (SSSR count). The zero-order valence-electron chi connectivity index (χ0n) is 7.35. The number of halogens is 2. The second-order valence-corrected chi connectivity index (χ2v) is 2.91. The molecule has 0 aliphatic heterocycles. The van der Waals surface area contributed by atoms with Gasteiger partial charge in [0.15, 0.2) is 0 Å². The van der Waals surface area contributed by atoms with E-state index in [1.807, 2.05) is 0 Å². The van der Waals surface area contributed by atoms with Crippen molar-refractivity contribution in [3.63, 3.8) is 0 Å². The second kappa shape index (κ2) is 3.70. The Kier molecular flexibility index (Phi) is 2.83. The molecule has 0 spiro atoms. The quantitative estimate of drug-likeness (QED) is 0.693. The van der Waals surface area contributed by atoms with E-state index in [0.717, 1.165) is 12.1 Å². The summed E-state index contributed by atoms with van der Waals surface area (Å²) in [5.41, 5.74) is 10.7. The summed E-state index contributed by atoms with van der Waals surface area (Å²) >= 11 is 0. The number of benzene rings is 1. The highest BCUT2D eigenvalue weighted by Gasteiger charge is 2.12. The molecule has 0 aliphatic carbocycles. The van der Waals surface area contributed by atoms with Gasteiger partial charge in [0.05, 0.1) is 5.69 Å². The van der Waals surface area contributed by atoms with Crippen molar-refractivity contribution in [2.75, 3.05) is 5.73 Å². The highest BCUT2D eigenvalue weighted by Crippen LogP contribution is 2.22.